The Labute approximate surface area is 160 Å². The first-order valence-electron chi connectivity index (χ1n) is 9.79. The van der Waals surface area contributed by atoms with E-state index in [1.54, 1.807) is 12.3 Å². The van der Waals surface area contributed by atoms with Gasteiger partial charge in [-0.05, 0) is 67.4 Å². The number of carbonyl (C=O) groups excluding carboxylic acids is 1. The number of rotatable bonds is 6. The van der Waals surface area contributed by atoms with E-state index in [9.17, 15) is 4.79 Å². The van der Waals surface area contributed by atoms with Crippen molar-refractivity contribution in [2.45, 2.75) is 31.7 Å². The summed E-state index contributed by atoms with van der Waals surface area (Å²) in [6.45, 7) is 3.39. The Morgan fingerprint density at radius 3 is 2.93 bits per heavy atom. The highest BCUT2D eigenvalue weighted by atomic mass is 16.5. The largest absolute Gasteiger partial charge is 0.493 e. The molecule has 1 unspecified atom stereocenters. The molecule has 4 rings (SSSR count). The molecule has 142 valence electrons. The lowest BCUT2D eigenvalue weighted by molar-refractivity contribution is -0.116. The zero-order chi connectivity index (χ0) is 18.5. The number of likely N-dealkylation sites (tertiary alicyclic amines) is 1. The molecule has 0 saturated carbocycles. The molecule has 1 aromatic carbocycles. The summed E-state index contributed by atoms with van der Waals surface area (Å²) in [5, 5.41) is 3.04. The van der Waals surface area contributed by atoms with Crippen molar-refractivity contribution in [2.24, 2.45) is 0 Å². The van der Waals surface area contributed by atoms with Gasteiger partial charge in [0.25, 0.3) is 0 Å². The zero-order valence-corrected chi connectivity index (χ0v) is 15.5. The minimum atomic E-state index is -0.0830. The van der Waals surface area contributed by atoms with E-state index in [1.165, 1.54) is 24.8 Å². The molecule has 0 aliphatic carbocycles. The lowest BCUT2D eigenvalue weighted by Gasteiger charge is -2.33. The van der Waals surface area contributed by atoms with E-state index < -0.39 is 0 Å². The van der Waals surface area contributed by atoms with Crippen LogP contribution in [0.2, 0.25) is 0 Å². The number of carbonyl (C=O) groups is 1. The summed E-state index contributed by atoms with van der Waals surface area (Å²) >= 11 is 0. The summed E-state index contributed by atoms with van der Waals surface area (Å²) in [4.78, 5) is 14.7. The Morgan fingerprint density at radius 2 is 2.11 bits per heavy atom. The molecule has 1 atom stereocenters. The molecular weight excluding hydrogens is 340 g/mol. The minimum absolute atomic E-state index is 0.0830. The van der Waals surface area contributed by atoms with Crippen molar-refractivity contribution in [3.8, 4) is 5.75 Å². The Balaban J connectivity index is 1.36. The summed E-state index contributed by atoms with van der Waals surface area (Å²) in [5.41, 5.74) is 2.23. The topological polar surface area (TPSA) is 54.7 Å². The number of ether oxygens (including phenoxy) is 1. The van der Waals surface area contributed by atoms with Crippen LogP contribution >= 0.6 is 0 Å². The van der Waals surface area contributed by atoms with Crippen LogP contribution in [0, 0.1) is 0 Å². The van der Waals surface area contributed by atoms with E-state index in [1.807, 2.05) is 30.3 Å². The average molecular weight is 366 g/mol. The van der Waals surface area contributed by atoms with E-state index in [-0.39, 0.29) is 11.9 Å². The third-order valence-electron chi connectivity index (χ3n) is 5.31. The summed E-state index contributed by atoms with van der Waals surface area (Å²) in [6.07, 6.45) is 9.78. The first kappa shape index (κ1) is 17.9. The van der Waals surface area contributed by atoms with Gasteiger partial charge in [0.15, 0.2) is 0 Å². The Kier molecular flexibility index (Phi) is 5.58. The van der Waals surface area contributed by atoms with Gasteiger partial charge in [-0.3, -0.25) is 9.69 Å². The van der Waals surface area contributed by atoms with E-state index in [4.69, 9.17) is 9.15 Å². The fourth-order valence-corrected chi connectivity index (χ4v) is 3.86. The molecule has 1 fully saturated rings. The molecule has 2 aliphatic rings. The van der Waals surface area contributed by atoms with Gasteiger partial charge in [-0.2, -0.15) is 0 Å². The Hall–Kier alpha value is -2.53. The number of benzene rings is 1. The number of piperidine rings is 1. The van der Waals surface area contributed by atoms with Gasteiger partial charge in [-0.15, -0.1) is 0 Å². The van der Waals surface area contributed by atoms with E-state index in [2.05, 4.69) is 16.3 Å². The highest BCUT2D eigenvalue weighted by Gasteiger charge is 2.24. The fourth-order valence-electron chi connectivity index (χ4n) is 3.86. The molecule has 1 saturated heterocycles. The quantitative estimate of drug-likeness (QED) is 0.794. The van der Waals surface area contributed by atoms with Gasteiger partial charge in [0.05, 0.1) is 18.9 Å². The molecule has 0 radical (unpaired) electrons. The molecule has 2 aliphatic heterocycles. The number of nitrogens with zero attached hydrogens (tertiary/aromatic N) is 1. The zero-order valence-electron chi connectivity index (χ0n) is 15.5. The first-order chi connectivity index (χ1) is 13.3. The van der Waals surface area contributed by atoms with Crippen molar-refractivity contribution in [2.75, 3.05) is 26.2 Å². The molecule has 0 bridgehead atoms. The van der Waals surface area contributed by atoms with Crippen molar-refractivity contribution >= 4 is 12.0 Å². The average Bonchev–Trinajstić information content (AvgIpc) is 3.39. The van der Waals surface area contributed by atoms with Crippen LogP contribution in [0.4, 0.5) is 0 Å². The SMILES string of the molecule is O=C(/C=C/c1ccc2c(c1)CCO2)NCC(c1ccco1)N1CCCCC1. The van der Waals surface area contributed by atoms with Gasteiger partial charge >= 0.3 is 0 Å². The van der Waals surface area contributed by atoms with Crippen LogP contribution in [-0.4, -0.2) is 37.0 Å². The monoisotopic (exact) mass is 366 g/mol. The van der Waals surface area contributed by atoms with Crippen LogP contribution in [-0.2, 0) is 11.2 Å². The van der Waals surface area contributed by atoms with Crippen LogP contribution in [0.25, 0.3) is 6.08 Å². The lowest BCUT2D eigenvalue weighted by atomic mass is 10.1. The first-order valence-corrected chi connectivity index (χ1v) is 9.79. The molecule has 5 nitrogen and oxygen atoms in total. The van der Waals surface area contributed by atoms with E-state index in [0.29, 0.717) is 6.54 Å². The smallest absolute Gasteiger partial charge is 0.244 e. The van der Waals surface area contributed by atoms with E-state index in [0.717, 1.165) is 43.2 Å². The number of fused-ring (bicyclic) bond motifs is 1. The highest BCUT2D eigenvalue weighted by molar-refractivity contribution is 5.91. The molecule has 5 heteroatoms. The van der Waals surface area contributed by atoms with Gasteiger partial charge in [-0.25, -0.2) is 0 Å². The van der Waals surface area contributed by atoms with Gasteiger partial charge in [0.1, 0.15) is 11.5 Å². The lowest BCUT2D eigenvalue weighted by Crippen LogP contribution is -2.40. The molecular formula is C22H26N2O3. The van der Waals surface area contributed by atoms with Crippen LogP contribution in [0.15, 0.2) is 47.1 Å². The number of nitrogens with one attached hydrogen (secondary N) is 1. The highest BCUT2D eigenvalue weighted by Crippen LogP contribution is 2.26. The van der Waals surface area contributed by atoms with Gasteiger partial charge < -0.3 is 14.5 Å². The summed E-state index contributed by atoms with van der Waals surface area (Å²) < 4.78 is 11.2. The summed E-state index contributed by atoms with van der Waals surface area (Å²) in [5.74, 6) is 1.79. The maximum atomic E-state index is 12.3. The fraction of sp³-hybridized carbons (Fsp3) is 0.409. The molecule has 1 amide bonds. The number of amides is 1. The van der Waals surface area contributed by atoms with Crippen LogP contribution in [0.1, 0.15) is 42.2 Å². The number of hydrogen-bond donors (Lipinski definition) is 1. The van der Waals surface area contributed by atoms with Crippen LogP contribution < -0.4 is 10.1 Å². The maximum Gasteiger partial charge on any atom is 0.244 e. The summed E-state index contributed by atoms with van der Waals surface area (Å²) in [7, 11) is 0. The Bertz CT molecular complexity index is 792. The molecule has 1 aromatic heterocycles. The minimum Gasteiger partial charge on any atom is -0.493 e. The van der Waals surface area contributed by atoms with Crippen molar-refractivity contribution in [3.05, 3.63) is 59.6 Å². The normalized spacial score (nSPS) is 18.2. The van der Waals surface area contributed by atoms with Crippen molar-refractivity contribution in [1.82, 2.24) is 10.2 Å². The third kappa shape index (κ3) is 4.42. The third-order valence-corrected chi connectivity index (χ3v) is 5.31. The number of hydrogen-bond acceptors (Lipinski definition) is 4. The van der Waals surface area contributed by atoms with E-state index >= 15 is 0 Å². The van der Waals surface area contributed by atoms with Crippen molar-refractivity contribution in [1.29, 1.82) is 0 Å². The second kappa shape index (κ2) is 8.44. The van der Waals surface area contributed by atoms with Crippen molar-refractivity contribution < 1.29 is 13.9 Å². The molecule has 0 spiro atoms. The summed E-state index contributed by atoms with van der Waals surface area (Å²) in [6, 6.07) is 10.0. The Morgan fingerprint density at radius 1 is 1.22 bits per heavy atom. The molecule has 27 heavy (non-hydrogen) atoms. The van der Waals surface area contributed by atoms with Gasteiger partial charge in [0, 0.05) is 19.0 Å². The molecule has 1 N–H and O–H groups in total. The van der Waals surface area contributed by atoms with Gasteiger partial charge in [0.2, 0.25) is 5.91 Å². The maximum absolute atomic E-state index is 12.3. The predicted octanol–water partition coefficient (Wildman–Crippen LogP) is 3.57. The second-order valence-electron chi connectivity index (χ2n) is 7.17. The molecule has 3 heterocycles. The van der Waals surface area contributed by atoms with Crippen LogP contribution in [0.3, 0.4) is 0 Å². The standard InChI is InChI=1S/C22H26N2O3/c25-22(9-7-17-6-8-20-18(15-17)10-14-27-20)23-16-19(21-5-4-13-26-21)24-11-2-1-3-12-24/h4-9,13,15,19H,1-3,10-12,14,16H2,(H,23,25)/b9-7+. The van der Waals surface area contributed by atoms with Crippen LogP contribution in [0.5, 0.6) is 5.75 Å². The number of furan rings is 1. The molecule has 2 aromatic rings. The van der Waals surface area contributed by atoms with Gasteiger partial charge in [-0.1, -0.05) is 12.5 Å². The predicted molar refractivity (Wildman–Crippen MR) is 105 cm³/mol. The second-order valence-corrected chi connectivity index (χ2v) is 7.17. The van der Waals surface area contributed by atoms with Crippen molar-refractivity contribution in [3.63, 3.8) is 0 Å².